The van der Waals surface area contributed by atoms with Crippen LogP contribution in [-0.2, 0) is 17.1 Å². The van der Waals surface area contributed by atoms with E-state index in [1.807, 2.05) is 18.2 Å². The second kappa shape index (κ2) is 10.2. The molecular formula is C21H27N5OS3. The van der Waals surface area contributed by atoms with Gasteiger partial charge in [-0.1, -0.05) is 42.6 Å². The summed E-state index contributed by atoms with van der Waals surface area (Å²) in [6.07, 6.45) is 4.60. The molecule has 0 saturated heterocycles. The molecule has 1 amide bonds. The summed E-state index contributed by atoms with van der Waals surface area (Å²) in [4.78, 5) is 17.0. The Balaban J connectivity index is 1.31. The lowest BCUT2D eigenvalue weighted by Crippen LogP contribution is -2.38. The highest BCUT2D eigenvalue weighted by Crippen LogP contribution is 2.31. The third-order valence-corrected chi connectivity index (χ3v) is 8.56. The Labute approximate surface area is 189 Å². The van der Waals surface area contributed by atoms with Gasteiger partial charge in [-0.25, -0.2) is 4.98 Å². The molecule has 0 unspecified atom stereocenters. The molecule has 1 fully saturated rings. The van der Waals surface area contributed by atoms with Gasteiger partial charge in [0.2, 0.25) is 5.91 Å². The van der Waals surface area contributed by atoms with Gasteiger partial charge in [-0.3, -0.25) is 4.79 Å². The molecule has 0 bridgehead atoms. The van der Waals surface area contributed by atoms with E-state index in [0.29, 0.717) is 17.5 Å². The monoisotopic (exact) mass is 461 g/mol. The predicted molar refractivity (Wildman–Crippen MR) is 125 cm³/mol. The van der Waals surface area contributed by atoms with Crippen molar-refractivity contribution in [3.63, 3.8) is 0 Å². The quantitative estimate of drug-likeness (QED) is 0.477. The lowest BCUT2D eigenvalue weighted by molar-refractivity contribution is -0.119. The molecule has 2 aromatic heterocycles. The van der Waals surface area contributed by atoms with Crippen LogP contribution in [-0.4, -0.2) is 37.5 Å². The number of aromatic nitrogens is 4. The number of rotatable bonds is 8. The van der Waals surface area contributed by atoms with Crippen molar-refractivity contribution in [3.05, 3.63) is 30.1 Å². The van der Waals surface area contributed by atoms with Gasteiger partial charge in [0.05, 0.1) is 21.7 Å². The molecule has 0 atom stereocenters. The molecule has 30 heavy (non-hydrogen) atoms. The summed E-state index contributed by atoms with van der Waals surface area (Å²) < 4.78 is 4.34. The van der Waals surface area contributed by atoms with Gasteiger partial charge >= 0.3 is 0 Å². The molecular weight excluding hydrogens is 434 g/mol. The first-order valence-electron chi connectivity index (χ1n) is 10.4. The highest BCUT2D eigenvalue weighted by Gasteiger charge is 2.20. The molecule has 4 rings (SSSR count). The molecule has 1 aliphatic rings. The van der Waals surface area contributed by atoms with Gasteiger partial charge in [-0.05, 0) is 50.7 Å². The van der Waals surface area contributed by atoms with Gasteiger partial charge in [0.15, 0.2) is 9.50 Å². The van der Waals surface area contributed by atoms with Crippen LogP contribution in [0, 0.1) is 5.92 Å². The van der Waals surface area contributed by atoms with Crippen LogP contribution in [0.1, 0.15) is 45.4 Å². The van der Waals surface area contributed by atoms with Gasteiger partial charge in [-0.2, -0.15) is 0 Å². The predicted octanol–water partition coefficient (Wildman–Crippen LogP) is 4.99. The van der Waals surface area contributed by atoms with Crippen LogP contribution in [0.15, 0.2) is 33.8 Å². The number of fused-ring (bicyclic) bond motifs is 1. The standard InChI is InChI=1S/C21H27N5OS3/c1-3-26-18(12-29-21-23-16-6-4-5-7-17(16)30-21)24-25-20(26)28-13-19(27)22-15-10-8-14(2)9-11-15/h4-7,14-15H,3,8-13H2,1-2H3,(H,22,27). The highest BCUT2D eigenvalue weighted by atomic mass is 32.2. The van der Waals surface area contributed by atoms with E-state index in [4.69, 9.17) is 0 Å². The van der Waals surface area contributed by atoms with Crippen molar-refractivity contribution in [2.24, 2.45) is 5.92 Å². The molecule has 9 heteroatoms. The van der Waals surface area contributed by atoms with E-state index in [9.17, 15) is 4.79 Å². The fourth-order valence-corrected chi connectivity index (χ4v) is 6.53. The van der Waals surface area contributed by atoms with E-state index in [1.165, 1.54) is 29.3 Å². The maximum Gasteiger partial charge on any atom is 0.230 e. The van der Waals surface area contributed by atoms with E-state index in [-0.39, 0.29) is 5.91 Å². The number of benzene rings is 1. The van der Waals surface area contributed by atoms with Crippen molar-refractivity contribution in [2.45, 2.75) is 67.4 Å². The number of thiazole rings is 1. The Morgan fingerprint density at radius 3 is 2.77 bits per heavy atom. The Kier molecular flexibility index (Phi) is 7.32. The highest BCUT2D eigenvalue weighted by molar-refractivity contribution is 8.00. The minimum atomic E-state index is 0.0932. The maximum absolute atomic E-state index is 12.4. The van der Waals surface area contributed by atoms with Crippen LogP contribution in [0.2, 0.25) is 0 Å². The second-order valence-corrected chi connectivity index (χ2v) is 10.9. The Morgan fingerprint density at radius 1 is 1.20 bits per heavy atom. The van der Waals surface area contributed by atoms with Gasteiger partial charge < -0.3 is 9.88 Å². The third-order valence-electron chi connectivity index (χ3n) is 5.42. The largest absolute Gasteiger partial charge is 0.353 e. The van der Waals surface area contributed by atoms with Crippen molar-refractivity contribution in [1.29, 1.82) is 0 Å². The molecule has 0 spiro atoms. The first-order valence-corrected chi connectivity index (χ1v) is 13.2. The first kappa shape index (κ1) is 21.6. The summed E-state index contributed by atoms with van der Waals surface area (Å²) in [5.74, 6) is 2.90. The van der Waals surface area contributed by atoms with Crippen LogP contribution in [0.4, 0.5) is 0 Å². The van der Waals surface area contributed by atoms with Crippen LogP contribution in [0.25, 0.3) is 10.2 Å². The van der Waals surface area contributed by atoms with Crippen LogP contribution < -0.4 is 5.32 Å². The maximum atomic E-state index is 12.4. The topological polar surface area (TPSA) is 72.7 Å². The molecule has 0 aliphatic heterocycles. The zero-order chi connectivity index (χ0) is 20.9. The number of thioether (sulfide) groups is 2. The molecule has 160 valence electrons. The number of nitrogens with zero attached hydrogens (tertiary/aromatic N) is 4. The summed E-state index contributed by atoms with van der Waals surface area (Å²) in [5.41, 5.74) is 1.04. The number of hydrogen-bond acceptors (Lipinski definition) is 7. The number of hydrogen-bond donors (Lipinski definition) is 1. The summed E-state index contributed by atoms with van der Waals surface area (Å²) in [6.45, 7) is 5.16. The zero-order valence-corrected chi connectivity index (χ0v) is 19.8. The molecule has 1 N–H and O–H groups in total. The van der Waals surface area contributed by atoms with Crippen molar-refractivity contribution >= 4 is 51.0 Å². The van der Waals surface area contributed by atoms with E-state index < -0.39 is 0 Å². The van der Waals surface area contributed by atoms with Crippen molar-refractivity contribution in [1.82, 2.24) is 25.1 Å². The number of amides is 1. The van der Waals surface area contributed by atoms with Gasteiger partial charge in [0, 0.05) is 12.6 Å². The fourth-order valence-electron chi connectivity index (χ4n) is 3.69. The number of nitrogens with one attached hydrogen (secondary N) is 1. The molecule has 1 aliphatic carbocycles. The van der Waals surface area contributed by atoms with Crippen molar-refractivity contribution in [3.8, 4) is 0 Å². The van der Waals surface area contributed by atoms with Gasteiger partial charge in [0.1, 0.15) is 5.82 Å². The summed E-state index contributed by atoms with van der Waals surface area (Å²) in [7, 11) is 0. The van der Waals surface area contributed by atoms with Gasteiger partial charge in [0.25, 0.3) is 0 Å². The Morgan fingerprint density at radius 2 is 2.00 bits per heavy atom. The van der Waals surface area contributed by atoms with Crippen LogP contribution in [0.5, 0.6) is 0 Å². The molecule has 6 nitrogen and oxygen atoms in total. The molecule has 0 radical (unpaired) electrons. The minimum Gasteiger partial charge on any atom is -0.353 e. The summed E-state index contributed by atoms with van der Waals surface area (Å²) in [5, 5.41) is 12.7. The molecule has 2 heterocycles. The minimum absolute atomic E-state index is 0.0932. The Hall–Kier alpha value is -1.58. The normalized spacial score (nSPS) is 19.3. The van der Waals surface area contributed by atoms with Gasteiger partial charge in [-0.15, -0.1) is 21.5 Å². The molecule has 1 saturated carbocycles. The van der Waals surface area contributed by atoms with E-state index in [0.717, 1.165) is 46.1 Å². The van der Waals surface area contributed by atoms with Crippen molar-refractivity contribution in [2.75, 3.05) is 5.75 Å². The fraction of sp³-hybridized carbons (Fsp3) is 0.524. The lowest BCUT2D eigenvalue weighted by Gasteiger charge is -2.26. The molecule has 1 aromatic carbocycles. The molecule has 3 aromatic rings. The number of para-hydroxylation sites is 1. The summed E-state index contributed by atoms with van der Waals surface area (Å²) in [6, 6.07) is 8.52. The second-order valence-electron chi connectivity index (χ2n) is 7.69. The first-order chi connectivity index (χ1) is 14.6. The Bertz CT molecular complexity index is 961. The van der Waals surface area contributed by atoms with Crippen LogP contribution in [0.3, 0.4) is 0 Å². The third kappa shape index (κ3) is 5.36. The average molecular weight is 462 g/mol. The zero-order valence-electron chi connectivity index (χ0n) is 17.3. The average Bonchev–Trinajstić information content (AvgIpc) is 3.35. The summed E-state index contributed by atoms with van der Waals surface area (Å²) >= 11 is 4.86. The van der Waals surface area contributed by atoms with E-state index in [1.54, 1.807) is 23.1 Å². The SMILES string of the molecule is CCn1c(CSc2nc3ccccc3s2)nnc1SCC(=O)NC1CCC(C)CC1. The smallest absolute Gasteiger partial charge is 0.230 e. The van der Waals surface area contributed by atoms with E-state index in [2.05, 4.69) is 45.0 Å². The van der Waals surface area contributed by atoms with E-state index >= 15 is 0 Å². The van der Waals surface area contributed by atoms with Crippen molar-refractivity contribution < 1.29 is 4.79 Å². The number of carbonyl (C=O) groups is 1. The number of carbonyl (C=O) groups excluding carboxylic acids is 1. The lowest BCUT2D eigenvalue weighted by atomic mass is 9.87. The van der Waals surface area contributed by atoms with Crippen LogP contribution >= 0.6 is 34.9 Å².